The molecule has 0 radical (unpaired) electrons. The Balaban J connectivity index is 1.79. The first-order valence-electron chi connectivity index (χ1n) is 12.1. The van der Waals surface area contributed by atoms with E-state index in [0.717, 1.165) is 57.8 Å². The third-order valence-corrected chi connectivity index (χ3v) is 7.06. The third-order valence-electron chi connectivity index (χ3n) is 6.83. The summed E-state index contributed by atoms with van der Waals surface area (Å²) in [4.78, 5) is 26.3. The Morgan fingerprint density at radius 1 is 1.06 bits per heavy atom. The Hall–Kier alpha value is -3.05. The number of Topliss-reactive ketones (excluding diaryl/α,β-unsaturated/α-hetero) is 1. The van der Waals surface area contributed by atoms with Gasteiger partial charge in [-0.05, 0) is 93.5 Å². The highest BCUT2D eigenvalue weighted by molar-refractivity contribution is 6.30. The molecule has 1 N–H and O–H groups in total. The van der Waals surface area contributed by atoms with Crippen LogP contribution >= 0.6 is 11.6 Å². The highest BCUT2D eigenvalue weighted by atomic mass is 35.5. The summed E-state index contributed by atoms with van der Waals surface area (Å²) < 4.78 is 11.6. The van der Waals surface area contributed by atoms with Crippen LogP contribution in [0, 0.1) is 20.8 Å². The summed E-state index contributed by atoms with van der Waals surface area (Å²) in [5.41, 5.74) is 7.90. The molecule has 1 heterocycles. The molecule has 0 fully saturated rings. The number of dihydropyridines is 1. The number of allylic oxidation sites excluding steroid dienone is 3. The minimum absolute atomic E-state index is 0.0904. The molecule has 0 bridgehead atoms. The number of ether oxygens (including phenoxy) is 2. The number of hydrogen-bond donors (Lipinski definition) is 1. The zero-order chi connectivity index (χ0) is 25.3. The van der Waals surface area contributed by atoms with Crippen molar-refractivity contribution in [3.8, 4) is 5.75 Å². The van der Waals surface area contributed by atoms with Gasteiger partial charge in [0.15, 0.2) is 5.78 Å². The Labute approximate surface area is 212 Å². The summed E-state index contributed by atoms with van der Waals surface area (Å²) in [6.45, 7) is 10.4. The Bertz CT molecular complexity index is 1260. The molecule has 0 saturated carbocycles. The molecule has 184 valence electrons. The van der Waals surface area contributed by atoms with Crippen molar-refractivity contribution in [2.75, 3.05) is 6.61 Å². The number of carbonyl (C=O) groups excluding carboxylic acids is 2. The minimum Gasteiger partial charge on any atom is -0.489 e. The van der Waals surface area contributed by atoms with Gasteiger partial charge in [0, 0.05) is 34.3 Å². The highest BCUT2D eigenvalue weighted by Crippen LogP contribution is 2.44. The number of nitrogens with one attached hydrogen (secondary N) is 1. The van der Waals surface area contributed by atoms with Gasteiger partial charge in [0.1, 0.15) is 12.4 Å². The average molecular weight is 494 g/mol. The van der Waals surface area contributed by atoms with Gasteiger partial charge >= 0.3 is 5.97 Å². The second-order valence-corrected chi connectivity index (χ2v) is 9.76. The van der Waals surface area contributed by atoms with E-state index >= 15 is 0 Å². The van der Waals surface area contributed by atoms with Gasteiger partial charge in [-0.3, -0.25) is 4.79 Å². The van der Waals surface area contributed by atoms with Crippen LogP contribution in [0.15, 0.2) is 52.9 Å². The number of rotatable bonds is 6. The van der Waals surface area contributed by atoms with Crippen LogP contribution in [-0.2, 0) is 20.9 Å². The largest absolute Gasteiger partial charge is 0.489 e. The van der Waals surface area contributed by atoms with Crippen LogP contribution in [0.2, 0.25) is 5.02 Å². The Morgan fingerprint density at radius 2 is 1.83 bits per heavy atom. The van der Waals surface area contributed by atoms with E-state index < -0.39 is 5.92 Å². The van der Waals surface area contributed by atoms with Gasteiger partial charge in [0.25, 0.3) is 0 Å². The van der Waals surface area contributed by atoms with Crippen molar-refractivity contribution in [3.05, 3.63) is 85.7 Å². The molecule has 2 aromatic carbocycles. The van der Waals surface area contributed by atoms with Crippen molar-refractivity contribution in [3.63, 3.8) is 0 Å². The molecule has 0 aromatic heterocycles. The lowest BCUT2D eigenvalue weighted by atomic mass is 9.73. The predicted octanol–water partition coefficient (Wildman–Crippen LogP) is 6.38. The van der Waals surface area contributed by atoms with E-state index in [1.54, 1.807) is 6.92 Å². The fraction of sp³-hybridized carbons (Fsp3) is 0.379. The van der Waals surface area contributed by atoms with Crippen molar-refractivity contribution in [2.24, 2.45) is 0 Å². The summed E-state index contributed by atoms with van der Waals surface area (Å²) >= 11 is 6.09. The highest BCUT2D eigenvalue weighted by Gasteiger charge is 2.39. The number of aryl methyl sites for hydroxylation is 3. The van der Waals surface area contributed by atoms with E-state index in [2.05, 4.69) is 24.4 Å². The standard InChI is InChI=1S/C29H32ClNO4/c1-6-34-29(33)26-19(5)31-23-8-7-9-24(32)28(23)27(26)22-14-20(16(2)12-17(22)3)15-35-25-11-10-21(30)13-18(25)4/h10-14,27,31H,6-9,15H2,1-5H3/t27-/m1/s1. The number of halogens is 1. The van der Waals surface area contributed by atoms with Crippen molar-refractivity contribution in [1.29, 1.82) is 0 Å². The maximum Gasteiger partial charge on any atom is 0.336 e. The molecular weight excluding hydrogens is 462 g/mol. The van der Waals surface area contributed by atoms with Gasteiger partial charge < -0.3 is 14.8 Å². The first kappa shape index (κ1) is 25.1. The summed E-state index contributed by atoms with van der Waals surface area (Å²) in [6.07, 6.45) is 2.09. The molecule has 0 unspecified atom stereocenters. The molecule has 4 rings (SSSR count). The van der Waals surface area contributed by atoms with Crippen molar-refractivity contribution in [1.82, 2.24) is 5.32 Å². The minimum atomic E-state index is -0.463. The molecule has 1 aliphatic heterocycles. The van der Waals surface area contributed by atoms with Crippen LogP contribution in [0.4, 0.5) is 0 Å². The lowest BCUT2D eigenvalue weighted by Crippen LogP contribution is -2.34. The molecule has 2 aliphatic rings. The van der Waals surface area contributed by atoms with Crippen LogP contribution in [0.3, 0.4) is 0 Å². The van der Waals surface area contributed by atoms with E-state index in [0.29, 0.717) is 29.2 Å². The topological polar surface area (TPSA) is 64.6 Å². The monoisotopic (exact) mass is 493 g/mol. The molecule has 2 aromatic rings. The van der Waals surface area contributed by atoms with Gasteiger partial charge in [-0.25, -0.2) is 4.79 Å². The molecule has 35 heavy (non-hydrogen) atoms. The zero-order valence-corrected chi connectivity index (χ0v) is 21.8. The van der Waals surface area contributed by atoms with Gasteiger partial charge in [0.2, 0.25) is 0 Å². The van der Waals surface area contributed by atoms with Crippen LogP contribution < -0.4 is 10.1 Å². The Kier molecular flexibility index (Phi) is 7.36. The SMILES string of the molecule is CCOC(=O)C1=C(C)NC2=C(C(=O)CCC2)[C@@H]1c1cc(COc2ccc(Cl)cc2C)c(C)cc1C. The Morgan fingerprint density at radius 3 is 2.54 bits per heavy atom. The fourth-order valence-corrected chi connectivity index (χ4v) is 5.31. The number of ketones is 1. The molecule has 1 atom stereocenters. The van der Waals surface area contributed by atoms with Gasteiger partial charge in [-0.2, -0.15) is 0 Å². The number of esters is 1. The normalized spacial score (nSPS) is 17.8. The van der Waals surface area contributed by atoms with Crippen molar-refractivity contribution >= 4 is 23.4 Å². The number of benzene rings is 2. The maximum absolute atomic E-state index is 13.2. The quantitative estimate of drug-likeness (QED) is 0.473. The van der Waals surface area contributed by atoms with Crippen LogP contribution in [-0.4, -0.2) is 18.4 Å². The fourth-order valence-electron chi connectivity index (χ4n) is 5.09. The smallest absolute Gasteiger partial charge is 0.336 e. The van der Waals surface area contributed by atoms with Gasteiger partial charge in [0.05, 0.1) is 12.2 Å². The lowest BCUT2D eigenvalue weighted by molar-refractivity contribution is -0.138. The molecule has 1 aliphatic carbocycles. The molecule has 0 spiro atoms. The predicted molar refractivity (Wildman–Crippen MR) is 138 cm³/mol. The molecule has 6 heteroatoms. The first-order chi connectivity index (χ1) is 16.7. The van der Waals surface area contributed by atoms with Crippen LogP contribution in [0.1, 0.15) is 66.8 Å². The number of hydrogen-bond acceptors (Lipinski definition) is 5. The summed E-state index contributed by atoms with van der Waals surface area (Å²) in [6, 6.07) is 9.76. The molecular formula is C29H32ClNO4. The second kappa shape index (κ2) is 10.3. The lowest BCUT2D eigenvalue weighted by Gasteiger charge is -2.35. The van der Waals surface area contributed by atoms with E-state index in [-0.39, 0.29) is 18.4 Å². The van der Waals surface area contributed by atoms with E-state index in [4.69, 9.17) is 21.1 Å². The summed E-state index contributed by atoms with van der Waals surface area (Å²) in [5.74, 6) is 0.0116. The van der Waals surface area contributed by atoms with Crippen LogP contribution in [0.5, 0.6) is 5.75 Å². The molecule has 0 amide bonds. The molecule has 5 nitrogen and oxygen atoms in total. The van der Waals surface area contributed by atoms with Crippen molar-refractivity contribution < 1.29 is 19.1 Å². The van der Waals surface area contributed by atoms with Gasteiger partial charge in [-0.1, -0.05) is 23.7 Å². The first-order valence-corrected chi connectivity index (χ1v) is 12.5. The van der Waals surface area contributed by atoms with Crippen LogP contribution in [0.25, 0.3) is 0 Å². The van der Waals surface area contributed by atoms with E-state index in [1.165, 1.54) is 0 Å². The third kappa shape index (κ3) is 5.01. The summed E-state index contributed by atoms with van der Waals surface area (Å²) in [5, 5.41) is 4.01. The zero-order valence-electron chi connectivity index (χ0n) is 21.0. The summed E-state index contributed by atoms with van der Waals surface area (Å²) in [7, 11) is 0. The van der Waals surface area contributed by atoms with Crippen molar-refractivity contribution in [2.45, 2.75) is 66.4 Å². The second-order valence-electron chi connectivity index (χ2n) is 9.32. The number of carbonyl (C=O) groups is 2. The van der Waals surface area contributed by atoms with Gasteiger partial charge in [-0.15, -0.1) is 0 Å². The van der Waals surface area contributed by atoms with E-state index in [1.807, 2.05) is 39.0 Å². The molecule has 0 saturated heterocycles. The van der Waals surface area contributed by atoms with E-state index in [9.17, 15) is 9.59 Å². The average Bonchev–Trinajstić information content (AvgIpc) is 2.79. The maximum atomic E-state index is 13.2.